The van der Waals surface area contributed by atoms with E-state index in [9.17, 15) is 4.79 Å². The summed E-state index contributed by atoms with van der Waals surface area (Å²) in [7, 11) is 0. The van der Waals surface area contributed by atoms with E-state index in [-0.39, 0.29) is 5.97 Å². The van der Waals surface area contributed by atoms with Gasteiger partial charge >= 0.3 is 5.97 Å². The molecule has 2 rings (SSSR count). The number of carbonyl (C=O) groups is 1. The van der Waals surface area contributed by atoms with Crippen molar-refractivity contribution in [3.05, 3.63) is 34.0 Å². The van der Waals surface area contributed by atoms with Crippen molar-refractivity contribution < 1.29 is 9.53 Å². The molecule has 0 amide bonds. The summed E-state index contributed by atoms with van der Waals surface area (Å²) in [6.45, 7) is 0.542. The van der Waals surface area contributed by atoms with Gasteiger partial charge in [0.25, 0.3) is 0 Å². The third-order valence-electron chi connectivity index (χ3n) is 2.27. The number of rotatable bonds is 3. The third kappa shape index (κ3) is 2.23. The quantitative estimate of drug-likeness (QED) is 0.713. The van der Waals surface area contributed by atoms with Gasteiger partial charge in [0.2, 0.25) is 0 Å². The summed E-state index contributed by atoms with van der Waals surface area (Å²) in [4.78, 5) is 11.3. The number of ether oxygens (including phenoxy) is 1. The Kier molecular flexibility index (Phi) is 2.99. The molecule has 0 unspecified atom stereocenters. The van der Waals surface area contributed by atoms with Crippen LogP contribution in [0.2, 0.25) is 0 Å². The molecular formula is C11H12O2S. The van der Waals surface area contributed by atoms with Crippen molar-refractivity contribution in [2.45, 2.75) is 19.3 Å². The van der Waals surface area contributed by atoms with Crippen molar-refractivity contribution >= 4 is 17.3 Å². The van der Waals surface area contributed by atoms with E-state index >= 15 is 0 Å². The molecule has 1 aliphatic rings. The SMILES string of the molecule is O=C1OCCC=C1CCc1ccsc1. The monoisotopic (exact) mass is 208 g/mol. The van der Waals surface area contributed by atoms with Gasteiger partial charge in [0.05, 0.1) is 6.61 Å². The maximum absolute atomic E-state index is 11.3. The Morgan fingerprint density at radius 3 is 3.07 bits per heavy atom. The maximum atomic E-state index is 11.3. The second kappa shape index (κ2) is 4.42. The molecule has 0 spiro atoms. The van der Waals surface area contributed by atoms with Gasteiger partial charge in [-0.25, -0.2) is 4.79 Å². The van der Waals surface area contributed by atoms with Gasteiger partial charge in [-0.05, 0) is 35.2 Å². The average molecular weight is 208 g/mol. The molecule has 3 heteroatoms. The molecule has 0 radical (unpaired) electrons. The number of carbonyl (C=O) groups excluding carboxylic acids is 1. The molecule has 2 heterocycles. The zero-order valence-electron chi connectivity index (χ0n) is 7.86. The van der Waals surface area contributed by atoms with E-state index in [0.29, 0.717) is 6.61 Å². The number of cyclic esters (lactones) is 1. The molecule has 14 heavy (non-hydrogen) atoms. The molecule has 0 fully saturated rings. The number of thiophene rings is 1. The van der Waals surface area contributed by atoms with E-state index in [0.717, 1.165) is 24.8 Å². The van der Waals surface area contributed by atoms with Crippen molar-refractivity contribution in [3.63, 3.8) is 0 Å². The molecule has 1 aliphatic heterocycles. The summed E-state index contributed by atoms with van der Waals surface area (Å²) >= 11 is 1.69. The molecule has 0 bridgehead atoms. The minimum atomic E-state index is -0.133. The van der Waals surface area contributed by atoms with Gasteiger partial charge in [-0.15, -0.1) is 0 Å². The van der Waals surface area contributed by atoms with Gasteiger partial charge in [-0.1, -0.05) is 6.08 Å². The summed E-state index contributed by atoms with van der Waals surface area (Å²) in [6.07, 6.45) is 4.60. The van der Waals surface area contributed by atoms with Crippen molar-refractivity contribution in [2.75, 3.05) is 6.61 Å². The lowest BCUT2D eigenvalue weighted by molar-refractivity contribution is -0.140. The van der Waals surface area contributed by atoms with Crippen LogP contribution in [0.5, 0.6) is 0 Å². The summed E-state index contributed by atoms with van der Waals surface area (Å²) < 4.78 is 4.96. The molecule has 74 valence electrons. The summed E-state index contributed by atoms with van der Waals surface area (Å²) in [5.74, 6) is -0.133. The van der Waals surface area contributed by atoms with Gasteiger partial charge in [-0.3, -0.25) is 0 Å². The van der Waals surface area contributed by atoms with Crippen LogP contribution in [0, 0.1) is 0 Å². The van der Waals surface area contributed by atoms with Crippen LogP contribution in [0.15, 0.2) is 28.5 Å². The predicted octanol–water partition coefficient (Wildman–Crippen LogP) is 2.55. The molecule has 1 aromatic heterocycles. The van der Waals surface area contributed by atoms with E-state index in [1.54, 1.807) is 11.3 Å². The van der Waals surface area contributed by atoms with Crippen molar-refractivity contribution in [2.24, 2.45) is 0 Å². The Labute approximate surface area is 87.2 Å². The molecule has 1 aromatic rings. The van der Waals surface area contributed by atoms with Crippen molar-refractivity contribution in [1.82, 2.24) is 0 Å². The van der Waals surface area contributed by atoms with Crippen molar-refractivity contribution in [1.29, 1.82) is 0 Å². The highest BCUT2D eigenvalue weighted by atomic mass is 32.1. The molecule has 0 aromatic carbocycles. The highest BCUT2D eigenvalue weighted by molar-refractivity contribution is 7.07. The average Bonchev–Trinajstić information content (AvgIpc) is 2.69. The van der Waals surface area contributed by atoms with Crippen LogP contribution in [0.1, 0.15) is 18.4 Å². The van der Waals surface area contributed by atoms with Crippen LogP contribution >= 0.6 is 11.3 Å². The number of hydrogen-bond donors (Lipinski definition) is 0. The van der Waals surface area contributed by atoms with E-state index in [1.165, 1.54) is 5.56 Å². The number of hydrogen-bond acceptors (Lipinski definition) is 3. The molecule has 0 N–H and O–H groups in total. The highest BCUT2D eigenvalue weighted by Crippen LogP contribution is 2.16. The first-order valence-electron chi connectivity index (χ1n) is 4.73. The minimum absolute atomic E-state index is 0.133. The Morgan fingerprint density at radius 2 is 2.36 bits per heavy atom. The summed E-state index contributed by atoms with van der Waals surface area (Å²) in [5, 5.41) is 4.18. The van der Waals surface area contributed by atoms with Crippen LogP contribution in [0.3, 0.4) is 0 Å². The van der Waals surface area contributed by atoms with Crippen LogP contribution in [0.25, 0.3) is 0 Å². The van der Waals surface area contributed by atoms with Gasteiger partial charge < -0.3 is 4.74 Å². The van der Waals surface area contributed by atoms with E-state index < -0.39 is 0 Å². The second-order valence-corrected chi connectivity index (χ2v) is 4.07. The Morgan fingerprint density at radius 1 is 1.43 bits per heavy atom. The molecule has 0 aliphatic carbocycles. The van der Waals surface area contributed by atoms with Gasteiger partial charge in [-0.2, -0.15) is 11.3 Å². The molecule has 0 saturated heterocycles. The van der Waals surface area contributed by atoms with Gasteiger partial charge in [0.15, 0.2) is 0 Å². The Bertz CT molecular complexity index is 338. The van der Waals surface area contributed by atoms with Gasteiger partial charge in [0, 0.05) is 12.0 Å². The summed E-state index contributed by atoms with van der Waals surface area (Å²) in [5.41, 5.74) is 2.14. The standard InChI is InChI=1S/C11H12O2S/c12-11-10(2-1-6-13-11)4-3-9-5-7-14-8-9/h2,5,7-8H,1,3-4,6H2. The van der Waals surface area contributed by atoms with E-state index in [4.69, 9.17) is 4.74 Å². The third-order valence-corrected chi connectivity index (χ3v) is 3.00. The lowest BCUT2D eigenvalue weighted by Crippen LogP contribution is -2.14. The molecule has 2 nitrogen and oxygen atoms in total. The molecule has 0 saturated carbocycles. The van der Waals surface area contributed by atoms with E-state index in [2.05, 4.69) is 16.8 Å². The number of esters is 1. The molecular weight excluding hydrogens is 196 g/mol. The fourth-order valence-electron chi connectivity index (χ4n) is 1.48. The first-order valence-corrected chi connectivity index (χ1v) is 5.68. The van der Waals surface area contributed by atoms with Crippen LogP contribution < -0.4 is 0 Å². The van der Waals surface area contributed by atoms with Crippen molar-refractivity contribution in [3.8, 4) is 0 Å². The Balaban J connectivity index is 1.91. The highest BCUT2D eigenvalue weighted by Gasteiger charge is 2.14. The smallest absolute Gasteiger partial charge is 0.333 e. The Hall–Kier alpha value is -1.09. The fraction of sp³-hybridized carbons (Fsp3) is 0.364. The maximum Gasteiger partial charge on any atom is 0.333 e. The second-order valence-electron chi connectivity index (χ2n) is 3.29. The number of aryl methyl sites for hydroxylation is 1. The fourth-order valence-corrected chi connectivity index (χ4v) is 2.18. The topological polar surface area (TPSA) is 26.3 Å². The van der Waals surface area contributed by atoms with E-state index in [1.807, 2.05) is 6.08 Å². The zero-order valence-corrected chi connectivity index (χ0v) is 8.68. The summed E-state index contributed by atoms with van der Waals surface area (Å²) in [6, 6.07) is 2.10. The van der Waals surface area contributed by atoms with Crippen LogP contribution in [0.4, 0.5) is 0 Å². The largest absolute Gasteiger partial charge is 0.462 e. The minimum Gasteiger partial charge on any atom is -0.462 e. The predicted molar refractivity (Wildman–Crippen MR) is 56.3 cm³/mol. The van der Waals surface area contributed by atoms with Gasteiger partial charge in [0.1, 0.15) is 0 Å². The first-order chi connectivity index (χ1) is 6.86. The lowest BCUT2D eigenvalue weighted by atomic mass is 10.0. The van der Waals surface area contributed by atoms with Crippen LogP contribution in [-0.2, 0) is 16.0 Å². The molecule has 0 atom stereocenters. The zero-order chi connectivity index (χ0) is 9.80. The first kappa shape index (κ1) is 9.46. The van der Waals surface area contributed by atoms with Crippen LogP contribution in [-0.4, -0.2) is 12.6 Å². The lowest BCUT2D eigenvalue weighted by Gasteiger charge is -2.12. The normalized spacial score (nSPS) is 16.3.